The fourth-order valence-corrected chi connectivity index (χ4v) is 3.34. The van der Waals surface area contributed by atoms with Crippen LogP contribution in [-0.2, 0) is 16.0 Å². The predicted molar refractivity (Wildman–Crippen MR) is 100 cm³/mol. The van der Waals surface area contributed by atoms with E-state index in [1.807, 2.05) is 12.1 Å². The highest BCUT2D eigenvalue weighted by Gasteiger charge is 2.36. The third kappa shape index (κ3) is 3.88. The van der Waals surface area contributed by atoms with Crippen molar-refractivity contribution in [3.63, 3.8) is 0 Å². The summed E-state index contributed by atoms with van der Waals surface area (Å²) in [6, 6.07) is 4.73. The average molecular weight is 388 g/mol. The highest BCUT2D eigenvalue weighted by atomic mass is 16.5. The first-order valence-corrected chi connectivity index (χ1v) is 8.94. The second kappa shape index (κ2) is 8.64. The van der Waals surface area contributed by atoms with E-state index in [2.05, 4.69) is 20.0 Å². The first-order chi connectivity index (χ1) is 13.6. The molecule has 0 spiro atoms. The fourth-order valence-electron chi connectivity index (χ4n) is 3.34. The zero-order valence-electron chi connectivity index (χ0n) is 16.2. The molecule has 2 heterocycles. The number of carbonyl (C=O) groups is 2. The highest BCUT2D eigenvalue weighted by molar-refractivity contribution is 5.77. The van der Waals surface area contributed by atoms with Gasteiger partial charge >= 0.3 is 12.0 Å². The third-order valence-electron chi connectivity index (χ3n) is 4.75. The Morgan fingerprint density at radius 2 is 2.11 bits per heavy atom. The summed E-state index contributed by atoms with van der Waals surface area (Å²) in [6.07, 6.45) is 2.39. The number of urea groups is 1. The van der Waals surface area contributed by atoms with Crippen LogP contribution in [0.4, 0.5) is 4.79 Å². The molecule has 9 heteroatoms. The fraction of sp³-hybridized carbons (Fsp3) is 0.421. The molecule has 1 aliphatic heterocycles. The second-order valence-corrected chi connectivity index (χ2v) is 6.28. The first-order valence-electron chi connectivity index (χ1n) is 8.94. The molecule has 1 atom stereocenters. The van der Waals surface area contributed by atoms with Gasteiger partial charge in [0.2, 0.25) is 0 Å². The zero-order chi connectivity index (χ0) is 20.1. The number of nitrogens with zero attached hydrogens (tertiary/aromatic N) is 2. The lowest BCUT2D eigenvalue weighted by molar-refractivity contribution is -0.140. The maximum Gasteiger partial charge on any atom is 0.318 e. The van der Waals surface area contributed by atoms with Crippen molar-refractivity contribution in [1.29, 1.82) is 0 Å². The van der Waals surface area contributed by atoms with Crippen molar-refractivity contribution in [2.24, 2.45) is 0 Å². The van der Waals surface area contributed by atoms with E-state index in [0.717, 1.165) is 17.0 Å². The van der Waals surface area contributed by atoms with Crippen molar-refractivity contribution >= 4 is 12.0 Å². The molecule has 0 fully saturated rings. The Morgan fingerprint density at radius 3 is 2.82 bits per heavy atom. The molecule has 0 aliphatic carbocycles. The van der Waals surface area contributed by atoms with E-state index in [9.17, 15) is 9.59 Å². The summed E-state index contributed by atoms with van der Waals surface area (Å²) in [5, 5.41) is 2.78. The van der Waals surface area contributed by atoms with E-state index < -0.39 is 6.04 Å². The van der Waals surface area contributed by atoms with Crippen LogP contribution in [0.15, 0.2) is 24.5 Å². The number of esters is 1. The number of H-pyrrole nitrogens is 1. The average Bonchev–Trinajstić information content (AvgIpc) is 3.21. The number of amides is 2. The number of methoxy groups -OCH3 is 3. The van der Waals surface area contributed by atoms with Crippen LogP contribution < -0.4 is 14.8 Å². The van der Waals surface area contributed by atoms with Gasteiger partial charge in [0, 0.05) is 30.8 Å². The van der Waals surface area contributed by atoms with Crippen LogP contribution in [0.3, 0.4) is 0 Å². The number of aromatic amines is 1. The summed E-state index contributed by atoms with van der Waals surface area (Å²) < 4.78 is 15.5. The molecular formula is C19H24N4O5. The van der Waals surface area contributed by atoms with E-state index in [4.69, 9.17) is 9.47 Å². The molecule has 2 aromatic rings. The summed E-state index contributed by atoms with van der Waals surface area (Å²) in [6.45, 7) is 0.682. The monoisotopic (exact) mass is 388 g/mol. The number of carbonyl (C=O) groups excluding carboxylic acids is 2. The van der Waals surface area contributed by atoms with E-state index in [0.29, 0.717) is 24.5 Å². The van der Waals surface area contributed by atoms with Gasteiger partial charge in [0.05, 0.1) is 39.8 Å². The molecule has 0 saturated carbocycles. The lowest BCUT2D eigenvalue weighted by atomic mass is 9.95. The highest BCUT2D eigenvalue weighted by Crippen LogP contribution is 2.39. The Morgan fingerprint density at radius 1 is 1.29 bits per heavy atom. The molecule has 150 valence electrons. The Labute approximate surface area is 163 Å². The van der Waals surface area contributed by atoms with Gasteiger partial charge in [-0.2, -0.15) is 0 Å². The number of aromatic nitrogens is 2. The maximum absolute atomic E-state index is 12.9. The number of nitrogens with one attached hydrogen (secondary N) is 2. The van der Waals surface area contributed by atoms with Crippen molar-refractivity contribution < 1.29 is 23.8 Å². The number of fused-ring (bicyclic) bond motifs is 1. The minimum absolute atomic E-state index is 0.108. The number of imidazole rings is 1. The van der Waals surface area contributed by atoms with Gasteiger partial charge in [-0.1, -0.05) is 0 Å². The maximum atomic E-state index is 12.9. The molecule has 0 bridgehead atoms. The third-order valence-corrected chi connectivity index (χ3v) is 4.75. The van der Waals surface area contributed by atoms with E-state index >= 15 is 0 Å². The van der Waals surface area contributed by atoms with Crippen molar-refractivity contribution in [2.45, 2.75) is 18.9 Å². The first kappa shape index (κ1) is 19.5. The van der Waals surface area contributed by atoms with Crippen LogP contribution >= 0.6 is 0 Å². The van der Waals surface area contributed by atoms with Crippen molar-refractivity contribution in [1.82, 2.24) is 20.2 Å². The minimum Gasteiger partial charge on any atom is -0.497 e. The van der Waals surface area contributed by atoms with Crippen LogP contribution in [0, 0.1) is 0 Å². The van der Waals surface area contributed by atoms with Gasteiger partial charge in [0.25, 0.3) is 0 Å². The lowest BCUT2D eigenvalue weighted by Crippen LogP contribution is -2.46. The van der Waals surface area contributed by atoms with Crippen molar-refractivity contribution in [2.75, 3.05) is 34.4 Å². The quantitative estimate of drug-likeness (QED) is 0.729. The van der Waals surface area contributed by atoms with Gasteiger partial charge in [0.1, 0.15) is 17.5 Å². The topological polar surface area (TPSA) is 106 Å². The van der Waals surface area contributed by atoms with Crippen molar-refractivity contribution in [3.05, 3.63) is 41.5 Å². The van der Waals surface area contributed by atoms with Crippen LogP contribution in [0.25, 0.3) is 0 Å². The zero-order valence-corrected chi connectivity index (χ0v) is 16.2. The van der Waals surface area contributed by atoms with Crippen LogP contribution in [0.2, 0.25) is 0 Å². The number of ether oxygens (including phenoxy) is 3. The summed E-state index contributed by atoms with van der Waals surface area (Å²) in [5.41, 5.74) is 2.52. The Balaban J connectivity index is 1.93. The number of hydrogen-bond acceptors (Lipinski definition) is 6. The normalized spacial score (nSPS) is 15.5. The molecule has 9 nitrogen and oxygen atoms in total. The predicted octanol–water partition coefficient (Wildman–Crippen LogP) is 1.65. The van der Waals surface area contributed by atoms with E-state index in [-0.39, 0.29) is 25.0 Å². The van der Waals surface area contributed by atoms with Crippen LogP contribution in [0.1, 0.15) is 29.4 Å². The molecule has 0 unspecified atom stereocenters. The molecule has 1 aromatic heterocycles. The van der Waals surface area contributed by atoms with Crippen LogP contribution in [-0.4, -0.2) is 61.3 Å². The van der Waals surface area contributed by atoms with Crippen molar-refractivity contribution in [3.8, 4) is 11.5 Å². The summed E-state index contributed by atoms with van der Waals surface area (Å²) in [7, 11) is 4.49. The molecule has 0 saturated heterocycles. The van der Waals surface area contributed by atoms with E-state index in [1.165, 1.54) is 7.11 Å². The molecule has 28 heavy (non-hydrogen) atoms. The molecule has 2 amide bonds. The summed E-state index contributed by atoms with van der Waals surface area (Å²) >= 11 is 0. The molecule has 2 N–H and O–H groups in total. The van der Waals surface area contributed by atoms with Gasteiger partial charge in [-0.3, -0.25) is 4.79 Å². The van der Waals surface area contributed by atoms with Crippen LogP contribution in [0.5, 0.6) is 11.5 Å². The number of benzene rings is 1. The van der Waals surface area contributed by atoms with Gasteiger partial charge in [-0.05, 0) is 18.2 Å². The van der Waals surface area contributed by atoms with Gasteiger partial charge in [-0.15, -0.1) is 0 Å². The van der Waals surface area contributed by atoms with Gasteiger partial charge < -0.3 is 29.4 Å². The summed E-state index contributed by atoms with van der Waals surface area (Å²) in [4.78, 5) is 33.5. The minimum atomic E-state index is -0.446. The molecule has 0 radical (unpaired) electrons. The van der Waals surface area contributed by atoms with Gasteiger partial charge in [-0.25, -0.2) is 9.78 Å². The standard InChI is InChI=1S/C19H24N4O5/c1-26-12-4-5-15(27-2)13(10-12)18-17-14(21-11-22-17)7-9-23(18)19(25)20-8-6-16(24)28-3/h4-5,10-11,18H,6-9H2,1-3H3,(H,20,25)(H,21,22)/t18-/m0/s1. The summed E-state index contributed by atoms with van der Waals surface area (Å²) in [5.74, 6) is 0.915. The van der Waals surface area contributed by atoms with Gasteiger partial charge in [0.15, 0.2) is 0 Å². The molecule has 1 aliphatic rings. The Hall–Kier alpha value is -3.23. The van der Waals surface area contributed by atoms with E-state index in [1.54, 1.807) is 31.5 Å². The largest absolute Gasteiger partial charge is 0.497 e. The smallest absolute Gasteiger partial charge is 0.318 e. The number of rotatable bonds is 6. The second-order valence-electron chi connectivity index (χ2n) is 6.28. The number of hydrogen-bond donors (Lipinski definition) is 2. The molecular weight excluding hydrogens is 364 g/mol. The SMILES string of the molecule is COC(=O)CCNC(=O)N1CCc2[nH]cnc2[C@@H]1c1cc(OC)ccc1OC. The lowest BCUT2D eigenvalue weighted by Gasteiger charge is -2.35. The Kier molecular flexibility index (Phi) is 6.03. The molecule has 3 rings (SSSR count). The Bertz CT molecular complexity index is 851. The molecule has 1 aromatic carbocycles.